The van der Waals surface area contributed by atoms with Gasteiger partial charge in [-0.15, -0.1) is 0 Å². The van der Waals surface area contributed by atoms with Crippen LogP contribution in [0.3, 0.4) is 0 Å². The molecule has 2 aromatic heterocycles. The van der Waals surface area contributed by atoms with Crippen LogP contribution in [0.5, 0.6) is 0 Å². The number of carbonyl (C=O) groups is 1. The highest BCUT2D eigenvalue weighted by Crippen LogP contribution is 2.25. The Labute approximate surface area is 155 Å². The van der Waals surface area contributed by atoms with E-state index in [2.05, 4.69) is 25.9 Å². The van der Waals surface area contributed by atoms with Crippen LogP contribution < -0.4 is 0 Å². The molecule has 0 radical (unpaired) electrons. The van der Waals surface area contributed by atoms with Gasteiger partial charge in [-0.1, -0.05) is 6.07 Å². The standard InChI is InChI=1S/C20H27N5O/c1-16-22-10-7-19(23-16)18-6-4-11-25(15-18)20(26)8-12-24(2)14-17-5-3-9-21-13-17/h3,5,7,9-10,13,18H,4,6,8,11-12,14-15H2,1-2H3/t18-/m1/s1. The molecule has 2 aromatic rings. The fourth-order valence-electron chi connectivity index (χ4n) is 3.47. The predicted octanol–water partition coefficient (Wildman–Crippen LogP) is 2.41. The third-order valence-electron chi connectivity index (χ3n) is 4.87. The van der Waals surface area contributed by atoms with Crippen molar-refractivity contribution in [3.8, 4) is 0 Å². The Balaban J connectivity index is 1.49. The third-order valence-corrected chi connectivity index (χ3v) is 4.87. The lowest BCUT2D eigenvalue weighted by atomic mass is 9.94. The fraction of sp³-hybridized carbons (Fsp3) is 0.500. The highest BCUT2D eigenvalue weighted by Gasteiger charge is 2.25. The van der Waals surface area contributed by atoms with Crippen LogP contribution in [0.4, 0.5) is 0 Å². The van der Waals surface area contributed by atoms with Gasteiger partial charge in [0.05, 0.1) is 0 Å². The van der Waals surface area contributed by atoms with Gasteiger partial charge >= 0.3 is 0 Å². The minimum Gasteiger partial charge on any atom is -0.342 e. The maximum atomic E-state index is 12.7. The number of amides is 1. The Morgan fingerprint density at radius 2 is 2.23 bits per heavy atom. The maximum absolute atomic E-state index is 12.7. The molecule has 0 unspecified atom stereocenters. The quantitative estimate of drug-likeness (QED) is 0.798. The molecule has 1 aliphatic heterocycles. The molecule has 1 aliphatic rings. The van der Waals surface area contributed by atoms with Crippen LogP contribution in [0, 0.1) is 6.92 Å². The summed E-state index contributed by atoms with van der Waals surface area (Å²) in [6.45, 7) is 5.09. The smallest absolute Gasteiger partial charge is 0.223 e. The van der Waals surface area contributed by atoms with Crippen molar-refractivity contribution in [2.75, 3.05) is 26.7 Å². The summed E-state index contributed by atoms with van der Waals surface area (Å²) in [6, 6.07) is 5.98. The molecular formula is C20H27N5O. The van der Waals surface area contributed by atoms with Crippen molar-refractivity contribution >= 4 is 5.91 Å². The maximum Gasteiger partial charge on any atom is 0.223 e. The molecule has 0 aliphatic carbocycles. The second-order valence-electron chi connectivity index (χ2n) is 7.06. The Morgan fingerprint density at radius 1 is 1.35 bits per heavy atom. The summed E-state index contributed by atoms with van der Waals surface area (Å²) >= 11 is 0. The zero-order valence-electron chi connectivity index (χ0n) is 15.6. The molecule has 3 heterocycles. The Kier molecular flexibility index (Phi) is 6.28. The molecule has 6 nitrogen and oxygen atoms in total. The van der Waals surface area contributed by atoms with Crippen LogP contribution in [-0.2, 0) is 11.3 Å². The molecule has 0 saturated carbocycles. The fourth-order valence-corrected chi connectivity index (χ4v) is 3.47. The molecule has 1 amide bonds. The van der Waals surface area contributed by atoms with E-state index in [4.69, 9.17) is 0 Å². The number of rotatable bonds is 6. The lowest BCUT2D eigenvalue weighted by Gasteiger charge is -2.33. The minimum atomic E-state index is 0.235. The van der Waals surface area contributed by atoms with E-state index in [0.29, 0.717) is 12.3 Å². The summed E-state index contributed by atoms with van der Waals surface area (Å²) < 4.78 is 0. The molecule has 1 atom stereocenters. The van der Waals surface area contributed by atoms with Gasteiger partial charge in [0.25, 0.3) is 0 Å². The van der Waals surface area contributed by atoms with Crippen molar-refractivity contribution in [2.24, 2.45) is 0 Å². The lowest BCUT2D eigenvalue weighted by molar-refractivity contribution is -0.132. The van der Waals surface area contributed by atoms with E-state index in [0.717, 1.165) is 50.5 Å². The third kappa shape index (κ3) is 5.08. The number of piperidine rings is 1. The average molecular weight is 353 g/mol. The van der Waals surface area contributed by atoms with E-state index in [9.17, 15) is 4.79 Å². The van der Waals surface area contributed by atoms with Crippen molar-refractivity contribution in [1.82, 2.24) is 24.8 Å². The van der Waals surface area contributed by atoms with Crippen molar-refractivity contribution in [3.05, 3.63) is 53.9 Å². The first-order valence-corrected chi connectivity index (χ1v) is 9.26. The van der Waals surface area contributed by atoms with Crippen LogP contribution in [0.1, 0.15) is 42.3 Å². The molecule has 138 valence electrons. The predicted molar refractivity (Wildman–Crippen MR) is 101 cm³/mol. The van der Waals surface area contributed by atoms with Crippen LogP contribution in [-0.4, -0.2) is 57.3 Å². The molecule has 3 rings (SSSR count). The van der Waals surface area contributed by atoms with Crippen LogP contribution in [0.2, 0.25) is 0 Å². The first kappa shape index (κ1) is 18.5. The number of pyridine rings is 1. The van der Waals surface area contributed by atoms with Crippen LogP contribution in [0.15, 0.2) is 36.8 Å². The highest BCUT2D eigenvalue weighted by atomic mass is 16.2. The van der Waals surface area contributed by atoms with Crippen molar-refractivity contribution in [1.29, 1.82) is 0 Å². The van der Waals surface area contributed by atoms with Gasteiger partial charge < -0.3 is 9.80 Å². The Bertz CT molecular complexity index is 721. The summed E-state index contributed by atoms with van der Waals surface area (Å²) in [5.41, 5.74) is 2.23. The second kappa shape index (κ2) is 8.85. The van der Waals surface area contributed by atoms with Crippen LogP contribution >= 0.6 is 0 Å². The van der Waals surface area contributed by atoms with Gasteiger partial charge in [-0.2, -0.15) is 0 Å². The summed E-state index contributed by atoms with van der Waals surface area (Å²) in [5.74, 6) is 1.35. The molecule has 0 bridgehead atoms. The Morgan fingerprint density at radius 3 is 3.00 bits per heavy atom. The van der Waals surface area contributed by atoms with E-state index >= 15 is 0 Å². The monoisotopic (exact) mass is 353 g/mol. The number of hydrogen-bond donors (Lipinski definition) is 0. The summed E-state index contributed by atoms with van der Waals surface area (Å²) in [7, 11) is 2.04. The van der Waals surface area contributed by atoms with Gasteiger partial charge in [0.15, 0.2) is 0 Å². The average Bonchev–Trinajstić information content (AvgIpc) is 2.67. The zero-order valence-corrected chi connectivity index (χ0v) is 15.6. The number of aromatic nitrogens is 3. The van der Waals surface area contributed by atoms with Crippen molar-refractivity contribution in [2.45, 2.75) is 38.6 Å². The number of aryl methyl sites for hydroxylation is 1. The highest BCUT2D eigenvalue weighted by molar-refractivity contribution is 5.76. The van der Waals surface area contributed by atoms with E-state index < -0.39 is 0 Å². The van der Waals surface area contributed by atoms with E-state index in [-0.39, 0.29) is 5.91 Å². The molecule has 1 saturated heterocycles. The molecule has 1 fully saturated rings. The van der Waals surface area contributed by atoms with Gasteiger partial charge in [0.2, 0.25) is 5.91 Å². The molecular weight excluding hydrogens is 326 g/mol. The molecule has 26 heavy (non-hydrogen) atoms. The number of carbonyl (C=O) groups excluding carboxylic acids is 1. The van der Waals surface area contributed by atoms with Crippen molar-refractivity contribution < 1.29 is 4.79 Å². The molecule has 6 heteroatoms. The number of likely N-dealkylation sites (tertiary alicyclic amines) is 1. The summed E-state index contributed by atoms with van der Waals surface area (Å²) in [6.07, 6.45) is 8.13. The van der Waals surface area contributed by atoms with Gasteiger partial charge in [-0.25, -0.2) is 9.97 Å². The number of hydrogen-bond acceptors (Lipinski definition) is 5. The first-order valence-electron chi connectivity index (χ1n) is 9.26. The second-order valence-corrected chi connectivity index (χ2v) is 7.06. The van der Waals surface area contributed by atoms with E-state index in [1.807, 2.05) is 43.4 Å². The van der Waals surface area contributed by atoms with Gasteiger partial charge in [-0.05, 0) is 44.5 Å². The summed E-state index contributed by atoms with van der Waals surface area (Å²) in [4.78, 5) is 29.7. The number of nitrogens with zero attached hydrogens (tertiary/aromatic N) is 5. The molecule has 0 N–H and O–H groups in total. The Hall–Kier alpha value is -2.34. The molecule has 0 aromatic carbocycles. The van der Waals surface area contributed by atoms with Gasteiger partial charge in [-0.3, -0.25) is 9.78 Å². The molecule has 0 spiro atoms. The normalized spacial score (nSPS) is 17.5. The van der Waals surface area contributed by atoms with Gasteiger partial charge in [0.1, 0.15) is 5.82 Å². The van der Waals surface area contributed by atoms with Crippen LogP contribution in [0.25, 0.3) is 0 Å². The summed E-state index contributed by atoms with van der Waals surface area (Å²) in [5, 5.41) is 0. The van der Waals surface area contributed by atoms with Crippen molar-refractivity contribution in [3.63, 3.8) is 0 Å². The van der Waals surface area contributed by atoms with Gasteiger partial charge in [0, 0.05) is 62.8 Å². The SMILES string of the molecule is Cc1nccc([C@@H]2CCCN(C(=O)CCN(C)Cc3cccnc3)C2)n1. The first-order chi connectivity index (χ1) is 12.6. The largest absolute Gasteiger partial charge is 0.342 e. The lowest BCUT2D eigenvalue weighted by Crippen LogP contribution is -2.40. The van der Waals surface area contributed by atoms with E-state index in [1.54, 1.807) is 6.20 Å². The zero-order chi connectivity index (χ0) is 18.4. The minimum absolute atomic E-state index is 0.235. The van der Waals surface area contributed by atoms with E-state index in [1.165, 1.54) is 5.56 Å². The topological polar surface area (TPSA) is 62.2 Å².